The van der Waals surface area contributed by atoms with Crippen molar-refractivity contribution in [2.75, 3.05) is 13.2 Å². The Morgan fingerprint density at radius 2 is 1.30 bits per heavy atom. The van der Waals surface area contributed by atoms with Crippen molar-refractivity contribution in [3.63, 3.8) is 0 Å². The van der Waals surface area contributed by atoms with E-state index in [4.69, 9.17) is 19.3 Å². The molecule has 1 rings (SSSR count). The van der Waals surface area contributed by atoms with Crippen molar-refractivity contribution in [1.29, 1.82) is 0 Å². The molecule has 0 amide bonds. The zero-order chi connectivity index (χ0) is 39.3. The first-order valence-electron chi connectivity index (χ1n) is 20.9. The summed E-state index contributed by atoms with van der Waals surface area (Å²) in [6.45, 7) is 5.71. The van der Waals surface area contributed by atoms with Gasteiger partial charge in [-0.3, -0.25) is 18.9 Å². The molecule has 0 spiro atoms. The average Bonchev–Trinajstić information content (AvgIpc) is 3.36. The van der Waals surface area contributed by atoms with Gasteiger partial charge in [0.25, 0.3) is 0 Å². The Kier molecular flexibility index (Phi) is 28.5. The van der Waals surface area contributed by atoms with E-state index in [-0.39, 0.29) is 37.6 Å². The van der Waals surface area contributed by atoms with Gasteiger partial charge >= 0.3 is 19.8 Å². The highest BCUT2D eigenvalue weighted by molar-refractivity contribution is 7.46. The fourth-order valence-corrected chi connectivity index (χ4v) is 7.29. The first-order chi connectivity index (χ1) is 25.3. The number of Topliss-reactive ketones (excluding diaryl/α,β-unsaturated/α-hetero) is 1. The summed E-state index contributed by atoms with van der Waals surface area (Å²) in [7, 11) is -4.82. The van der Waals surface area contributed by atoms with Gasteiger partial charge in [0.2, 0.25) is 0 Å². The molecule has 0 aromatic carbocycles. The van der Waals surface area contributed by atoms with E-state index in [0.717, 1.165) is 57.3 Å². The molecule has 0 heterocycles. The number of aliphatic hydroxyl groups excluding tert-OH is 2. The van der Waals surface area contributed by atoms with Gasteiger partial charge in [0.1, 0.15) is 12.4 Å². The largest absolute Gasteiger partial charge is 0.469 e. The van der Waals surface area contributed by atoms with E-state index in [2.05, 4.69) is 25.3 Å². The number of carbonyl (C=O) groups excluding carboxylic acids is 3. The number of ether oxygens (including phenoxy) is 2. The van der Waals surface area contributed by atoms with Crippen molar-refractivity contribution in [2.24, 2.45) is 17.8 Å². The van der Waals surface area contributed by atoms with Gasteiger partial charge in [-0.25, -0.2) is 4.57 Å². The normalized spacial score (nSPS) is 18.9. The molecule has 1 saturated carbocycles. The van der Waals surface area contributed by atoms with Gasteiger partial charge in [-0.15, -0.1) is 0 Å². The summed E-state index contributed by atoms with van der Waals surface area (Å²) in [4.78, 5) is 55.5. The second-order valence-corrected chi connectivity index (χ2v) is 16.8. The first kappa shape index (κ1) is 49.4. The number of phosphoric ester groups is 1. The lowest BCUT2D eigenvalue weighted by molar-refractivity contribution is -0.161. The highest BCUT2D eigenvalue weighted by Crippen LogP contribution is 2.36. The summed E-state index contributed by atoms with van der Waals surface area (Å²) in [5.74, 6) is -0.825. The number of phosphoric acid groups is 1. The molecule has 0 saturated heterocycles. The van der Waals surface area contributed by atoms with E-state index in [1.807, 2.05) is 0 Å². The summed E-state index contributed by atoms with van der Waals surface area (Å²) >= 11 is 0. The van der Waals surface area contributed by atoms with Gasteiger partial charge in [-0.2, -0.15) is 0 Å². The Labute approximate surface area is 320 Å². The number of hydrogen-bond acceptors (Lipinski definition) is 9. The summed E-state index contributed by atoms with van der Waals surface area (Å²) in [5, 5.41) is 20.7. The molecule has 11 nitrogen and oxygen atoms in total. The fourth-order valence-electron chi connectivity index (χ4n) is 6.93. The minimum atomic E-state index is -4.82. The fraction of sp³-hybridized carbons (Fsp3) is 0.878. The van der Waals surface area contributed by atoms with Crippen molar-refractivity contribution >= 4 is 25.5 Å². The van der Waals surface area contributed by atoms with Crippen LogP contribution < -0.4 is 0 Å². The van der Waals surface area contributed by atoms with E-state index in [9.17, 15) is 29.2 Å². The van der Waals surface area contributed by atoms with Crippen molar-refractivity contribution in [3.05, 3.63) is 12.2 Å². The molecule has 0 unspecified atom stereocenters. The third-order valence-corrected chi connectivity index (χ3v) is 10.6. The number of allylic oxidation sites excluding steroid dienone is 1. The molecule has 0 aromatic heterocycles. The van der Waals surface area contributed by atoms with Crippen LogP contribution in [0.2, 0.25) is 0 Å². The minimum absolute atomic E-state index is 0.00476. The number of rotatable bonds is 34. The van der Waals surface area contributed by atoms with Crippen LogP contribution in [0.3, 0.4) is 0 Å². The van der Waals surface area contributed by atoms with E-state index < -0.39 is 50.6 Å². The quantitative estimate of drug-likeness (QED) is 0.0212. The van der Waals surface area contributed by atoms with Gasteiger partial charge in [0.05, 0.1) is 18.8 Å². The molecule has 1 aliphatic rings. The standard InChI is InChI=1S/C41H75O11P/c1-4-5-18-24-34(42)28-29-37-36(38(43)30-39(37)44)25-20-16-17-22-27-41(46)52-35(32-51-53(47,48)49)31-50-40(45)26-21-15-13-11-9-7-6-8-10-12-14-19-23-33(2)3/h28-29,33-38,42-43H,4-27,30-32H2,1-3H3,(H2,47,48,49)/b29-28+/t34-,35+,36+,37+,38-/m0/s1. The predicted molar refractivity (Wildman–Crippen MR) is 208 cm³/mol. The molecule has 0 aliphatic heterocycles. The number of aliphatic hydroxyl groups is 2. The SMILES string of the molecule is CCCCC[C@H](O)/C=C/[C@H]1C(=O)C[C@H](O)[C@@H]1CCCCCCC(=O)O[C@H](COC(=O)CCCCCCCCCCCCCCC(C)C)COP(=O)(O)O. The lowest BCUT2D eigenvalue weighted by Crippen LogP contribution is -2.29. The van der Waals surface area contributed by atoms with Crippen LogP contribution in [0.4, 0.5) is 0 Å². The molecule has 1 aliphatic carbocycles. The third kappa shape index (κ3) is 27.6. The Balaban J connectivity index is 2.26. The third-order valence-electron chi connectivity index (χ3n) is 10.1. The van der Waals surface area contributed by atoms with E-state index in [0.29, 0.717) is 32.1 Å². The van der Waals surface area contributed by atoms with Crippen LogP contribution in [0.25, 0.3) is 0 Å². The lowest BCUT2D eigenvalue weighted by atomic mass is 9.88. The van der Waals surface area contributed by atoms with Crippen molar-refractivity contribution in [2.45, 2.75) is 200 Å². The number of carbonyl (C=O) groups is 3. The second-order valence-electron chi connectivity index (χ2n) is 15.6. The monoisotopic (exact) mass is 775 g/mol. The molecule has 0 aromatic rings. The molecule has 0 radical (unpaired) electrons. The number of hydrogen-bond donors (Lipinski definition) is 4. The highest BCUT2D eigenvalue weighted by atomic mass is 31.2. The average molecular weight is 775 g/mol. The molecule has 12 heteroatoms. The van der Waals surface area contributed by atoms with Gasteiger partial charge in [0, 0.05) is 25.2 Å². The Bertz CT molecular complexity index is 1040. The minimum Gasteiger partial charge on any atom is -0.462 e. The van der Waals surface area contributed by atoms with Crippen molar-refractivity contribution < 1.29 is 52.9 Å². The summed E-state index contributed by atoms with van der Waals surface area (Å²) in [6.07, 6.45) is 24.1. The van der Waals surface area contributed by atoms with Gasteiger partial charge in [-0.1, -0.05) is 148 Å². The zero-order valence-corrected chi connectivity index (χ0v) is 34.2. The van der Waals surface area contributed by atoms with Gasteiger partial charge in [-0.05, 0) is 37.5 Å². The van der Waals surface area contributed by atoms with Crippen molar-refractivity contribution in [1.82, 2.24) is 0 Å². The number of ketones is 1. The lowest BCUT2D eigenvalue weighted by Gasteiger charge is -2.19. The molecule has 53 heavy (non-hydrogen) atoms. The molecule has 1 fully saturated rings. The Morgan fingerprint density at radius 3 is 1.87 bits per heavy atom. The molecular formula is C41H75O11P. The van der Waals surface area contributed by atoms with Gasteiger partial charge < -0.3 is 29.5 Å². The molecular weight excluding hydrogens is 699 g/mol. The van der Waals surface area contributed by atoms with E-state index in [1.165, 1.54) is 57.8 Å². The Hall–Kier alpha value is -1.62. The molecule has 4 N–H and O–H groups in total. The maximum atomic E-state index is 12.5. The van der Waals surface area contributed by atoms with Crippen LogP contribution in [0.5, 0.6) is 0 Å². The second kappa shape index (κ2) is 30.6. The molecule has 0 bridgehead atoms. The number of esters is 2. The maximum Gasteiger partial charge on any atom is 0.469 e. The summed E-state index contributed by atoms with van der Waals surface area (Å²) in [6, 6.07) is 0. The van der Waals surface area contributed by atoms with E-state index >= 15 is 0 Å². The van der Waals surface area contributed by atoms with E-state index in [1.54, 1.807) is 12.2 Å². The van der Waals surface area contributed by atoms with Crippen LogP contribution in [-0.2, 0) is 32.9 Å². The van der Waals surface area contributed by atoms with Crippen LogP contribution in [-0.4, -0.2) is 69.2 Å². The van der Waals surface area contributed by atoms with Crippen LogP contribution in [0, 0.1) is 17.8 Å². The molecule has 5 atom stereocenters. The number of unbranched alkanes of at least 4 members (excludes halogenated alkanes) is 16. The zero-order valence-electron chi connectivity index (χ0n) is 33.3. The summed E-state index contributed by atoms with van der Waals surface area (Å²) < 4.78 is 26.4. The Morgan fingerprint density at radius 1 is 0.774 bits per heavy atom. The highest BCUT2D eigenvalue weighted by Gasteiger charge is 2.39. The summed E-state index contributed by atoms with van der Waals surface area (Å²) in [5.41, 5.74) is 0. The molecule has 310 valence electrons. The topological polar surface area (TPSA) is 177 Å². The van der Waals surface area contributed by atoms with Crippen molar-refractivity contribution in [3.8, 4) is 0 Å². The van der Waals surface area contributed by atoms with Crippen LogP contribution in [0.1, 0.15) is 181 Å². The van der Waals surface area contributed by atoms with Gasteiger partial charge in [0.15, 0.2) is 6.10 Å². The predicted octanol–water partition coefficient (Wildman–Crippen LogP) is 9.07. The maximum absolute atomic E-state index is 12.5. The van der Waals surface area contributed by atoms with Crippen LogP contribution >= 0.6 is 7.82 Å². The van der Waals surface area contributed by atoms with Crippen LogP contribution in [0.15, 0.2) is 12.2 Å². The first-order valence-corrected chi connectivity index (χ1v) is 22.5. The smallest absolute Gasteiger partial charge is 0.462 e.